The summed E-state index contributed by atoms with van der Waals surface area (Å²) in [5.74, 6) is -2.89. The third-order valence-corrected chi connectivity index (χ3v) is 10.3. The molecule has 1 saturated heterocycles. The number of carboxylic acid groups (broad SMARTS) is 2. The van der Waals surface area contributed by atoms with Gasteiger partial charge in [-0.15, -0.1) is 0 Å². The number of halogens is 3. The van der Waals surface area contributed by atoms with Crippen molar-refractivity contribution in [2.75, 3.05) is 37.6 Å². The molecule has 252 valence electrons. The number of H-pyrrole nitrogens is 1. The molecule has 0 spiro atoms. The number of nitrogens with zero attached hydrogens (tertiary/aromatic N) is 3. The van der Waals surface area contributed by atoms with Crippen molar-refractivity contribution in [1.29, 1.82) is 0 Å². The molecule has 1 aromatic carbocycles. The number of fused-ring (bicyclic) bond motifs is 1. The van der Waals surface area contributed by atoms with E-state index in [-0.39, 0.29) is 5.56 Å². The lowest BCUT2D eigenvalue weighted by Crippen LogP contribution is -2.61. The van der Waals surface area contributed by atoms with Gasteiger partial charge in [-0.05, 0) is 79.0 Å². The Labute approximate surface area is 271 Å². The first-order valence-corrected chi connectivity index (χ1v) is 16.0. The number of aliphatic carboxylic acids is 1. The predicted molar refractivity (Wildman–Crippen MR) is 171 cm³/mol. The molecule has 2 bridgehead atoms. The van der Waals surface area contributed by atoms with Crippen LogP contribution in [0.25, 0.3) is 11.0 Å². The number of hydrogen-bond donors (Lipinski definition) is 3. The molecular weight excluding hydrogens is 613 g/mol. The van der Waals surface area contributed by atoms with Gasteiger partial charge >= 0.3 is 18.1 Å². The number of nitrogens with one attached hydrogen (secondary N) is 1. The number of alkyl halides is 3. The summed E-state index contributed by atoms with van der Waals surface area (Å²) in [5, 5.41) is 17.8. The number of aromatic carboxylic acids is 1. The highest BCUT2D eigenvalue weighted by molar-refractivity contribution is 5.92. The smallest absolute Gasteiger partial charge is 0.478 e. The van der Waals surface area contributed by atoms with Crippen molar-refractivity contribution in [3.8, 4) is 11.5 Å². The van der Waals surface area contributed by atoms with Crippen LogP contribution in [0.1, 0.15) is 69.7 Å². The Kier molecular flexibility index (Phi) is 8.30. The number of allylic oxidation sites excluding steroid dienone is 1. The molecular formula is C35H41F3N4O5. The van der Waals surface area contributed by atoms with Crippen molar-refractivity contribution in [1.82, 2.24) is 14.9 Å². The molecule has 9 nitrogen and oxygen atoms in total. The lowest BCUT2D eigenvalue weighted by atomic mass is 9.33. The molecule has 0 unspecified atom stereocenters. The number of pyridine rings is 1. The molecule has 4 aliphatic carbocycles. The zero-order chi connectivity index (χ0) is 33.8. The molecule has 12 heteroatoms. The Morgan fingerprint density at radius 2 is 1.70 bits per heavy atom. The molecule has 0 radical (unpaired) electrons. The second-order valence-corrected chi connectivity index (χ2v) is 14.8. The van der Waals surface area contributed by atoms with Crippen LogP contribution >= 0.6 is 0 Å². The summed E-state index contributed by atoms with van der Waals surface area (Å²) >= 11 is 0. The van der Waals surface area contributed by atoms with Gasteiger partial charge in [0.05, 0.1) is 6.20 Å². The van der Waals surface area contributed by atoms with Crippen LogP contribution in [-0.4, -0.2) is 75.9 Å². The van der Waals surface area contributed by atoms with Gasteiger partial charge in [-0.2, -0.15) is 13.2 Å². The quantitative estimate of drug-likeness (QED) is 0.224. The number of benzene rings is 1. The lowest BCUT2D eigenvalue weighted by Gasteiger charge is -2.72. The zero-order valence-electron chi connectivity index (χ0n) is 26.9. The van der Waals surface area contributed by atoms with E-state index in [1.165, 1.54) is 38.5 Å². The fourth-order valence-electron chi connectivity index (χ4n) is 8.19. The van der Waals surface area contributed by atoms with Gasteiger partial charge < -0.3 is 24.8 Å². The van der Waals surface area contributed by atoms with E-state index in [0.29, 0.717) is 27.7 Å². The molecule has 2 aromatic heterocycles. The number of aromatic nitrogens is 2. The minimum atomic E-state index is -5.08. The average Bonchev–Trinajstić information content (AvgIpc) is 3.44. The highest BCUT2D eigenvalue weighted by atomic mass is 19.4. The van der Waals surface area contributed by atoms with Gasteiger partial charge in [-0.3, -0.25) is 4.90 Å². The maximum absolute atomic E-state index is 12.0. The SMILES string of the molecule is CC1(C)CCC(CN2CCN(c3ccc(C(=O)O)c(Oc4cnc5[nH]ccc5c4)c3)CC2)=C(C23CC(C)(C2)C3)C1.O=C(O)C(F)(F)F. The Morgan fingerprint density at radius 1 is 1.02 bits per heavy atom. The second kappa shape index (κ2) is 11.9. The summed E-state index contributed by atoms with van der Waals surface area (Å²) in [6, 6.07) is 9.23. The number of carboxylic acids is 2. The van der Waals surface area contributed by atoms with Crippen molar-refractivity contribution in [3.63, 3.8) is 0 Å². The summed E-state index contributed by atoms with van der Waals surface area (Å²) in [6.45, 7) is 12.3. The number of rotatable bonds is 7. The van der Waals surface area contributed by atoms with Gasteiger partial charge in [0.2, 0.25) is 0 Å². The monoisotopic (exact) mass is 654 g/mol. The van der Waals surface area contributed by atoms with Crippen molar-refractivity contribution in [2.24, 2.45) is 16.2 Å². The number of ether oxygens (including phenoxy) is 1. The highest BCUT2D eigenvalue weighted by Gasteiger charge is 2.66. The third-order valence-electron chi connectivity index (χ3n) is 10.3. The van der Waals surface area contributed by atoms with Gasteiger partial charge in [0.1, 0.15) is 22.7 Å². The summed E-state index contributed by atoms with van der Waals surface area (Å²) in [5.41, 5.74) is 7.09. The van der Waals surface area contributed by atoms with E-state index in [0.717, 1.165) is 49.4 Å². The first-order valence-electron chi connectivity index (χ1n) is 16.0. The minimum Gasteiger partial charge on any atom is -0.478 e. The van der Waals surface area contributed by atoms with Gasteiger partial charge in [-0.1, -0.05) is 31.9 Å². The maximum atomic E-state index is 12.0. The fourth-order valence-corrected chi connectivity index (χ4v) is 8.19. The number of piperazine rings is 1. The van der Waals surface area contributed by atoms with Gasteiger partial charge in [0.25, 0.3) is 0 Å². The molecule has 4 fully saturated rings. The third kappa shape index (κ3) is 6.83. The van der Waals surface area contributed by atoms with Gasteiger partial charge in [0.15, 0.2) is 0 Å². The molecule has 0 atom stereocenters. The normalized spacial score (nSPS) is 25.4. The Bertz CT molecular complexity index is 1700. The number of aromatic amines is 1. The van der Waals surface area contributed by atoms with Crippen LogP contribution in [0.2, 0.25) is 0 Å². The van der Waals surface area contributed by atoms with E-state index in [1.54, 1.807) is 17.8 Å². The van der Waals surface area contributed by atoms with E-state index in [1.807, 2.05) is 36.0 Å². The molecule has 5 aliphatic rings. The molecule has 1 aliphatic heterocycles. The maximum Gasteiger partial charge on any atom is 0.490 e. The Morgan fingerprint density at radius 3 is 2.32 bits per heavy atom. The number of carbonyl (C=O) groups is 2. The molecule has 3 saturated carbocycles. The predicted octanol–water partition coefficient (Wildman–Crippen LogP) is 7.51. The Hall–Kier alpha value is -4.06. The summed E-state index contributed by atoms with van der Waals surface area (Å²) in [7, 11) is 0. The first-order chi connectivity index (χ1) is 22.0. The van der Waals surface area contributed by atoms with E-state index in [9.17, 15) is 23.1 Å². The first kappa shape index (κ1) is 32.9. The summed E-state index contributed by atoms with van der Waals surface area (Å²) in [4.78, 5) is 33.3. The zero-order valence-corrected chi connectivity index (χ0v) is 26.9. The lowest BCUT2D eigenvalue weighted by molar-refractivity contribution is -0.192. The van der Waals surface area contributed by atoms with Gasteiger partial charge in [0, 0.05) is 56.1 Å². The highest BCUT2D eigenvalue weighted by Crippen LogP contribution is 2.77. The standard InChI is InChI=1S/C33H40N4O3.C2HF3O2/c1-31(2)8-6-23(27(16-31)33-19-32(3,20-33)21-33)18-36-10-12-37(13-11-36)24-4-5-26(30(38)39)28(15-24)40-25-14-22-7-9-34-29(22)35-17-25;3-2(4,5)1(6)7/h4-5,7,9,14-15,17H,6,8,10-13,16,18-21H2,1-3H3,(H,34,35)(H,38,39);(H,6,7). The van der Waals surface area contributed by atoms with Crippen LogP contribution in [0, 0.1) is 16.2 Å². The van der Waals surface area contributed by atoms with E-state index in [2.05, 4.69) is 40.5 Å². The van der Waals surface area contributed by atoms with Crippen LogP contribution in [0.5, 0.6) is 11.5 Å². The molecule has 8 rings (SSSR count). The van der Waals surface area contributed by atoms with E-state index < -0.39 is 18.1 Å². The van der Waals surface area contributed by atoms with Crippen LogP contribution in [0.15, 0.2) is 53.9 Å². The number of anilines is 1. The van der Waals surface area contributed by atoms with Crippen LogP contribution in [-0.2, 0) is 4.79 Å². The topological polar surface area (TPSA) is 119 Å². The molecule has 3 N–H and O–H groups in total. The summed E-state index contributed by atoms with van der Waals surface area (Å²) in [6.07, 6.45) is 6.43. The van der Waals surface area contributed by atoms with E-state index in [4.69, 9.17) is 14.6 Å². The van der Waals surface area contributed by atoms with Crippen LogP contribution in [0.3, 0.4) is 0 Å². The Balaban J connectivity index is 0.000000499. The van der Waals surface area contributed by atoms with Crippen LogP contribution < -0.4 is 9.64 Å². The average molecular weight is 655 g/mol. The molecule has 3 aromatic rings. The fraction of sp³-hybridized carbons (Fsp3) is 0.514. The second-order valence-electron chi connectivity index (χ2n) is 14.8. The molecule has 3 heterocycles. The summed E-state index contributed by atoms with van der Waals surface area (Å²) < 4.78 is 37.8. The van der Waals surface area contributed by atoms with Crippen molar-refractivity contribution >= 4 is 28.7 Å². The van der Waals surface area contributed by atoms with Crippen molar-refractivity contribution in [3.05, 3.63) is 59.4 Å². The van der Waals surface area contributed by atoms with Gasteiger partial charge in [-0.25, -0.2) is 14.6 Å². The van der Waals surface area contributed by atoms with E-state index >= 15 is 0 Å². The largest absolute Gasteiger partial charge is 0.490 e. The number of hydrogen-bond acceptors (Lipinski definition) is 6. The van der Waals surface area contributed by atoms with Crippen molar-refractivity contribution in [2.45, 2.75) is 65.5 Å². The molecule has 0 amide bonds. The minimum absolute atomic E-state index is 0.152. The van der Waals surface area contributed by atoms with Crippen LogP contribution in [0.4, 0.5) is 18.9 Å². The van der Waals surface area contributed by atoms with Crippen molar-refractivity contribution < 1.29 is 37.7 Å². The molecule has 47 heavy (non-hydrogen) atoms.